The van der Waals surface area contributed by atoms with Gasteiger partial charge in [-0.25, -0.2) is 0 Å². The van der Waals surface area contributed by atoms with Crippen molar-refractivity contribution in [3.05, 3.63) is 35.9 Å². The molecular weight excluding hydrogens is 254 g/mol. The van der Waals surface area contributed by atoms with E-state index in [1.165, 1.54) is 5.56 Å². The summed E-state index contributed by atoms with van der Waals surface area (Å²) in [7, 11) is -0.761. The molecule has 0 aliphatic rings. The molecular formula is C16H27NOS. The van der Waals surface area contributed by atoms with Crippen LogP contribution in [0, 0.1) is 0 Å². The van der Waals surface area contributed by atoms with Gasteiger partial charge in [-0.3, -0.25) is 4.21 Å². The van der Waals surface area contributed by atoms with Gasteiger partial charge in [0.25, 0.3) is 0 Å². The number of rotatable bonds is 9. The quantitative estimate of drug-likeness (QED) is 0.748. The summed E-state index contributed by atoms with van der Waals surface area (Å²) in [6, 6.07) is 10.6. The predicted molar refractivity (Wildman–Crippen MR) is 84.9 cm³/mol. The van der Waals surface area contributed by atoms with Crippen molar-refractivity contribution in [3.8, 4) is 0 Å². The van der Waals surface area contributed by atoms with Gasteiger partial charge in [0.15, 0.2) is 0 Å². The van der Waals surface area contributed by atoms with Crippen molar-refractivity contribution in [3.63, 3.8) is 0 Å². The maximum atomic E-state index is 12.4. The molecule has 2 nitrogen and oxygen atoms in total. The lowest BCUT2D eigenvalue weighted by Crippen LogP contribution is -2.34. The van der Waals surface area contributed by atoms with Crippen LogP contribution in [0.25, 0.3) is 0 Å². The highest BCUT2D eigenvalue weighted by Crippen LogP contribution is 2.21. The van der Waals surface area contributed by atoms with E-state index in [-0.39, 0.29) is 11.3 Å². The topological polar surface area (TPSA) is 29.1 Å². The van der Waals surface area contributed by atoms with Gasteiger partial charge in [-0.2, -0.15) is 0 Å². The molecule has 19 heavy (non-hydrogen) atoms. The first-order valence-corrected chi connectivity index (χ1v) is 8.74. The molecule has 0 aromatic heterocycles. The minimum absolute atomic E-state index is 0.153. The van der Waals surface area contributed by atoms with Crippen LogP contribution < -0.4 is 5.32 Å². The first-order chi connectivity index (χ1) is 9.20. The van der Waals surface area contributed by atoms with Crippen LogP contribution in [-0.2, 0) is 10.8 Å². The van der Waals surface area contributed by atoms with Gasteiger partial charge in [-0.15, -0.1) is 0 Å². The summed E-state index contributed by atoms with van der Waals surface area (Å²) in [6.07, 6.45) is 3.25. The third-order valence-corrected chi connectivity index (χ3v) is 5.15. The van der Waals surface area contributed by atoms with Crippen LogP contribution in [0.1, 0.15) is 51.6 Å². The molecule has 108 valence electrons. The molecule has 0 bridgehead atoms. The van der Waals surface area contributed by atoms with E-state index in [9.17, 15) is 4.21 Å². The first-order valence-electron chi connectivity index (χ1n) is 7.36. The summed E-state index contributed by atoms with van der Waals surface area (Å²) in [6.45, 7) is 7.38. The Bertz CT molecular complexity index is 366. The summed E-state index contributed by atoms with van der Waals surface area (Å²) in [5.74, 6) is 0.814. The van der Waals surface area contributed by atoms with Crippen LogP contribution in [0.2, 0.25) is 0 Å². The fourth-order valence-electron chi connectivity index (χ4n) is 2.14. The molecule has 0 aliphatic heterocycles. The summed E-state index contributed by atoms with van der Waals surface area (Å²) in [4.78, 5) is 0. The lowest BCUT2D eigenvalue weighted by atomic mass is 10.0. The number of unbranched alkanes of at least 4 members (excludes halogenated alkanes) is 1. The molecule has 0 saturated heterocycles. The number of hydrogen-bond acceptors (Lipinski definition) is 2. The van der Waals surface area contributed by atoms with E-state index in [0.29, 0.717) is 0 Å². The normalized spacial score (nSPS) is 15.9. The molecule has 3 unspecified atom stereocenters. The molecule has 0 fully saturated rings. The van der Waals surface area contributed by atoms with E-state index in [2.05, 4.69) is 50.4 Å². The molecule has 1 aromatic rings. The van der Waals surface area contributed by atoms with E-state index < -0.39 is 10.8 Å². The van der Waals surface area contributed by atoms with Crippen LogP contribution in [0.4, 0.5) is 0 Å². The molecule has 1 rings (SSSR count). The Kier molecular flexibility index (Phi) is 7.99. The standard InChI is InChI=1S/C16H27NOS/c1-4-6-13-19(18)14(3)16(17-12-5-2)15-10-8-7-9-11-15/h7-11,14,16-17H,4-6,12-13H2,1-3H3. The van der Waals surface area contributed by atoms with Gasteiger partial charge in [0.2, 0.25) is 0 Å². The van der Waals surface area contributed by atoms with E-state index in [4.69, 9.17) is 0 Å². The highest BCUT2D eigenvalue weighted by molar-refractivity contribution is 7.85. The Morgan fingerprint density at radius 3 is 2.42 bits per heavy atom. The monoisotopic (exact) mass is 281 g/mol. The molecule has 0 spiro atoms. The van der Waals surface area contributed by atoms with Gasteiger partial charge in [-0.05, 0) is 31.9 Å². The fourth-order valence-corrected chi connectivity index (χ4v) is 3.64. The highest BCUT2D eigenvalue weighted by Gasteiger charge is 2.23. The lowest BCUT2D eigenvalue weighted by molar-refractivity contribution is 0.517. The van der Waals surface area contributed by atoms with Crippen molar-refractivity contribution in [2.24, 2.45) is 0 Å². The zero-order chi connectivity index (χ0) is 14.1. The van der Waals surface area contributed by atoms with E-state index >= 15 is 0 Å². The van der Waals surface area contributed by atoms with Crippen LogP contribution in [-0.4, -0.2) is 21.8 Å². The third kappa shape index (κ3) is 5.45. The molecule has 1 aromatic carbocycles. The summed E-state index contributed by atoms with van der Waals surface area (Å²) in [5, 5.41) is 3.70. The second-order valence-corrected chi connectivity index (χ2v) is 6.90. The Balaban J connectivity index is 2.75. The van der Waals surface area contributed by atoms with Crippen LogP contribution in [0.15, 0.2) is 30.3 Å². The summed E-state index contributed by atoms with van der Waals surface area (Å²) in [5.41, 5.74) is 1.24. The molecule has 0 amide bonds. The predicted octanol–water partition coefficient (Wildman–Crippen LogP) is 3.66. The Labute approximate surface area is 120 Å². The van der Waals surface area contributed by atoms with E-state index in [0.717, 1.165) is 31.6 Å². The van der Waals surface area contributed by atoms with Crippen LogP contribution in [0.3, 0.4) is 0 Å². The minimum atomic E-state index is -0.761. The van der Waals surface area contributed by atoms with Crippen LogP contribution in [0.5, 0.6) is 0 Å². The van der Waals surface area contributed by atoms with Gasteiger partial charge in [0, 0.05) is 22.6 Å². The zero-order valence-corrected chi connectivity index (χ0v) is 13.2. The second kappa shape index (κ2) is 9.27. The largest absolute Gasteiger partial charge is 0.309 e. The van der Waals surface area contributed by atoms with Gasteiger partial charge >= 0.3 is 0 Å². The van der Waals surface area contributed by atoms with Gasteiger partial charge in [-0.1, -0.05) is 50.6 Å². The number of nitrogens with one attached hydrogen (secondary N) is 1. The Morgan fingerprint density at radius 2 is 1.84 bits per heavy atom. The van der Waals surface area contributed by atoms with Crippen molar-refractivity contribution in [1.29, 1.82) is 0 Å². The molecule has 1 N–H and O–H groups in total. The van der Waals surface area contributed by atoms with Gasteiger partial charge < -0.3 is 5.32 Å². The van der Waals surface area contributed by atoms with E-state index in [1.807, 2.05) is 6.07 Å². The Hall–Kier alpha value is -0.670. The number of benzene rings is 1. The van der Waals surface area contributed by atoms with Crippen LogP contribution >= 0.6 is 0 Å². The smallest absolute Gasteiger partial charge is 0.0514 e. The van der Waals surface area contributed by atoms with Crippen molar-refractivity contribution in [2.75, 3.05) is 12.3 Å². The summed E-state index contributed by atoms with van der Waals surface area (Å²) < 4.78 is 12.4. The van der Waals surface area contributed by atoms with Crippen molar-refractivity contribution in [2.45, 2.75) is 51.3 Å². The lowest BCUT2D eigenvalue weighted by Gasteiger charge is -2.25. The molecule has 0 saturated carbocycles. The molecule has 0 aliphatic carbocycles. The highest BCUT2D eigenvalue weighted by atomic mass is 32.2. The average molecular weight is 281 g/mol. The third-order valence-electron chi connectivity index (χ3n) is 3.36. The minimum Gasteiger partial charge on any atom is -0.309 e. The Morgan fingerprint density at radius 1 is 1.16 bits per heavy atom. The van der Waals surface area contributed by atoms with Gasteiger partial charge in [0.1, 0.15) is 0 Å². The van der Waals surface area contributed by atoms with E-state index in [1.54, 1.807) is 0 Å². The van der Waals surface area contributed by atoms with Crippen molar-refractivity contribution >= 4 is 10.8 Å². The average Bonchev–Trinajstić information content (AvgIpc) is 2.46. The molecule has 3 atom stereocenters. The zero-order valence-electron chi connectivity index (χ0n) is 12.4. The fraction of sp³-hybridized carbons (Fsp3) is 0.625. The maximum absolute atomic E-state index is 12.4. The van der Waals surface area contributed by atoms with Crippen molar-refractivity contribution < 1.29 is 4.21 Å². The van der Waals surface area contributed by atoms with Crippen molar-refractivity contribution in [1.82, 2.24) is 5.32 Å². The number of hydrogen-bond donors (Lipinski definition) is 1. The summed E-state index contributed by atoms with van der Waals surface area (Å²) >= 11 is 0. The second-order valence-electron chi connectivity index (χ2n) is 4.99. The molecule has 0 heterocycles. The molecule has 0 radical (unpaired) electrons. The molecule has 3 heteroatoms. The maximum Gasteiger partial charge on any atom is 0.0514 e. The van der Waals surface area contributed by atoms with Gasteiger partial charge in [0.05, 0.1) is 5.25 Å². The first kappa shape index (κ1) is 16.4. The SMILES string of the molecule is CCCCS(=O)C(C)C(NCCC)c1ccccc1.